The van der Waals surface area contributed by atoms with Gasteiger partial charge in [-0.2, -0.15) is 0 Å². The Morgan fingerprint density at radius 1 is 1.00 bits per heavy atom. The van der Waals surface area contributed by atoms with Gasteiger partial charge in [0.1, 0.15) is 0 Å². The van der Waals surface area contributed by atoms with Gasteiger partial charge in [-0.25, -0.2) is 0 Å². The number of nitrogens with zero attached hydrogens (tertiary/aromatic N) is 2. The molecule has 4 heterocycles. The number of rotatable bonds is 3. The summed E-state index contributed by atoms with van der Waals surface area (Å²) in [7, 11) is 0. The van der Waals surface area contributed by atoms with Crippen LogP contribution in [0.15, 0.2) is 58.7 Å². The number of aromatic nitrogens is 1. The van der Waals surface area contributed by atoms with Crippen LogP contribution >= 0.6 is 11.3 Å². The van der Waals surface area contributed by atoms with Crippen molar-refractivity contribution in [3.8, 4) is 11.1 Å². The number of hydrogen-bond acceptors (Lipinski definition) is 3. The molecular weight excluding hydrogens is 352 g/mol. The molecule has 0 amide bonds. The van der Waals surface area contributed by atoms with Crippen molar-refractivity contribution in [2.45, 2.75) is 32.4 Å². The van der Waals surface area contributed by atoms with E-state index in [1.54, 1.807) is 0 Å². The molecule has 3 nitrogen and oxygen atoms in total. The van der Waals surface area contributed by atoms with Crippen molar-refractivity contribution >= 4 is 11.3 Å². The van der Waals surface area contributed by atoms with Gasteiger partial charge >= 0.3 is 0 Å². The van der Waals surface area contributed by atoms with E-state index in [4.69, 9.17) is 0 Å². The summed E-state index contributed by atoms with van der Waals surface area (Å²) in [5.74, 6) is 1.04. The topological polar surface area (TPSA) is 25.2 Å². The molecule has 1 aromatic carbocycles. The van der Waals surface area contributed by atoms with Gasteiger partial charge in [0, 0.05) is 48.2 Å². The second kappa shape index (κ2) is 6.77. The largest absolute Gasteiger partial charge is 0.311 e. The Bertz CT molecular complexity index is 1020. The minimum atomic E-state index is 0.184. The third kappa shape index (κ3) is 3.07. The van der Waals surface area contributed by atoms with Gasteiger partial charge in [0.05, 0.1) is 0 Å². The SMILES string of the molecule is Cc1ccccc1-c1ccc2n(c1=O)CC1CC2CN(Cc2cccs2)C1. The first-order chi connectivity index (χ1) is 13.2. The van der Waals surface area contributed by atoms with Crippen molar-refractivity contribution < 1.29 is 0 Å². The summed E-state index contributed by atoms with van der Waals surface area (Å²) in [6, 6.07) is 16.8. The maximum atomic E-state index is 13.3. The number of fused-ring (bicyclic) bond motifs is 4. The summed E-state index contributed by atoms with van der Waals surface area (Å²) in [5, 5.41) is 2.15. The van der Waals surface area contributed by atoms with E-state index < -0.39 is 0 Å². The molecule has 5 rings (SSSR count). The predicted molar refractivity (Wildman–Crippen MR) is 111 cm³/mol. The van der Waals surface area contributed by atoms with E-state index in [0.717, 1.165) is 42.9 Å². The molecule has 0 N–H and O–H groups in total. The highest BCUT2D eigenvalue weighted by atomic mass is 32.1. The van der Waals surface area contributed by atoms with Gasteiger partial charge in [-0.1, -0.05) is 30.3 Å². The lowest BCUT2D eigenvalue weighted by atomic mass is 9.82. The van der Waals surface area contributed by atoms with Gasteiger partial charge in [0.2, 0.25) is 0 Å². The Morgan fingerprint density at radius 2 is 1.89 bits per heavy atom. The molecule has 3 aromatic rings. The fraction of sp³-hybridized carbons (Fsp3) is 0.348. The number of benzene rings is 1. The van der Waals surface area contributed by atoms with Crippen LogP contribution in [0.25, 0.3) is 11.1 Å². The Morgan fingerprint density at radius 3 is 2.70 bits per heavy atom. The zero-order valence-electron chi connectivity index (χ0n) is 15.6. The van der Waals surface area contributed by atoms with Crippen LogP contribution in [0.5, 0.6) is 0 Å². The highest BCUT2D eigenvalue weighted by Gasteiger charge is 2.35. The fourth-order valence-electron chi connectivity index (χ4n) is 4.88. The molecule has 2 aliphatic heterocycles. The minimum Gasteiger partial charge on any atom is -0.311 e. The van der Waals surface area contributed by atoms with Gasteiger partial charge in [-0.3, -0.25) is 9.69 Å². The zero-order valence-corrected chi connectivity index (χ0v) is 16.4. The lowest BCUT2D eigenvalue weighted by Gasteiger charge is -2.42. The number of likely N-dealkylation sites (tertiary alicyclic amines) is 1. The molecule has 1 saturated heterocycles. The number of piperidine rings is 1. The molecule has 2 atom stereocenters. The van der Waals surface area contributed by atoms with E-state index in [-0.39, 0.29) is 5.56 Å². The Labute approximate surface area is 163 Å². The third-order valence-corrected chi connectivity index (χ3v) is 6.94. The molecule has 0 radical (unpaired) electrons. The maximum absolute atomic E-state index is 13.3. The van der Waals surface area contributed by atoms with Gasteiger partial charge in [-0.05, 0) is 54.0 Å². The Hall–Kier alpha value is -2.17. The molecule has 0 spiro atoms. The molecule has 2 aliphatic rings. The van der Waals surface area contributed by atoms with Crippen molar-refractivity contribution in [1.29, 1.82) is 0 Å². The summed E-state index contributed by atoms with van der Waals surface area (Å²) in [6.45, 7) is 6.12. The van der Waals surface area contributed by atoms with Crippen LogP contribution < -0.4 is 5.56 Å². The molecule has 0 aliphatic carbocycles. The summed E-state index contributed by atoms with van der Waals surface area (Å²) >= 11 is 1.84. The van der Waals surface area contributed by atoms with E-state index in [2.05, 4.69) is 58.2 Å². The monoisotopic (exact) mass is 376 g/mol. The second-order valence-corrected chi connectivity index (χ2v) is 9.01. The average molecular weight is 377 g/mol. The second-order valence-electron chi connectivity index (χ2n) is 7.97. The molecule has 2 unspecified atom stereocenters. The van der Waals surface area contributed by atoms with Crippen LogP contribution in [0.4, 0.5) is 0 Å². The van der Waals surface area contributed by atoms with Gasteiger partial charge < -0.3 is 4.57 Å². The number of hydrogen-bond donors (Lipinski definition) is 0. The van der Waals surface area contributed by atoms with Crippen LogP contribution in [0, 0.1) is 12.8 Å². The molecule has 2 bridgehead atoms. The predicted octanol–water partition coefficient (Wildman–Crippen LogP) is 4.50. The van der Waals surface area contributed by atoms with Crippen molar-refractivity contribution in [1.82, 2.24) is 9.47 Å². The quantitative estimate of drug-likeness (QED) is 0.672. The molecule has 138 valence electrons. The smallest absolute Gasteiger partial charge is 0.258 e. The summed E-state index contributed by atoms with van der Waals surface area (Å²) < 4.78 is 2.07. The Kier molecular flexibility index (Phi) is 4.25. The summed E-state index contributed by atoms with van der Waals surface area (Å²) in [6.07, 6.45) is 1.21. The van der Waals surface area contributed by atoms with Crippen molar-refractivity contribution in [3.05, 3.63) is 80.4 Å². The lowest BCUT2D eigenvalue weighted by Crippen LogP contribution is -2.46. The van der Waals surface area contributed by atoms with Crippen LogP contribution in [-0.4, -0.2) is 22.6 Å². The van der Waals surface area contributed by atoms with E-state index in [1.807, 2.05) is 23.5 Å². The number of pyridine rings is 1. The van der Waals surface area contributed by atoms with Crippen LogP contribution in [0.1, 0.15) is 28.5 Å². The molecule has 0 saturated carbocycles. The maximum Gasteiger partial charge on any atom is 0.258 e. The first-order valence-corrected chi connectivity index (χ1v) is 10.6. The van der Waals surface area contributed by atoms with Crippen molar-refractivity contribution in [2.75, 3.05) is 13.1 Å². The first kappa shape index (κ1) is 17.0. The van der Waals surface area contributed by atoms with Gasteiger partial charge in [-0.15, -0.1) is 11.3 Å². The molecule has 1 fully saturated rings. The third-order valence-electron chi connectivity index (χ3n) is 6.07. The summed E-state index contributed by atoms with van der Waals surface area (Å²) in [4.78, 5) is 17.3. The van der Waals surface area contributed by atoms with Crippen LogP contribution in [0.2, 0.25) is 0 Å². The summed E-state index contributed by atoms with van der Waals surface area (Å²) in [5.41, 5.74) is 4.47. The minimum absolute atomic E-state index is 0.184. The highest BCUT2D eigenvalue weighted by Crippen LogP contribution is 2.36. The Balaban J connectivity index is 1.48. The van der Waals surface area contributed by atoms with E-state index in [1.165, 1.54) is 17.0 Å². The molecule has 27 heavy (non-hydrogen) atoms. The van der Waals surface area contributed by atoms with Gasteiger partial charge in [0.15, 0.2) is 0 Å². The fourth-order valence-corrected chi connectivity index (χ4v) is 5.62. The highest BCUT2D eigenvalue weighted by molar-refractivity contribution is 7.09. The molecular formula is C23H24N2OS. The van der Waals surface area contributed by atoms with Crippen LogP contribution in [-0.2, 0) is 13.1 Å². The normalized spacial score (nSPS) is 21.8. The number of thiophene rings is 1. The standard InChI is InChI=1S/C23H24N2OS/c1-16-5-2-3-7-20(16)21-8-9-22-18-11-17(13-25(22)23(21)26)12-24(14-18)15-19-6-4-10-27-19/h2-10,17-18H,11-15H2,1H3. The van der Waals surface area contributed by atoms with E-state index >= 15 is 0 Å². The molecule has 2 aromatic heterocycles. The van der Waals surface area contributed by atoms with Crippen molar-refractivity contribution in [2.24, 2.45) is 5.92 Å². The van der Waals surface area contributed by atoms with E-state index in [0.29, 0.717) is 11.8 Å². The van der Waals surface area contributed by atoms with Crippen LogP contribution in [0.3, 0.4) is 0 Å². The number of aryl methyl sites for hydroxylation is 1. The zero-order chi connectivity index (χ0) is 18.4. The first-order valence-electron chi connectivity index (χ1n) is 9.73. The molecule has 4 heteroatoms. The van der Waals surface area contributed by atoms with Crippen molar-refractivity contribution in [3.63, 3.8) is 0 Å². The lowest BCUT2D eigenvalue weighted by molar-refractivity contribution is 0.115. The van der Waals surface area contributed by atoms with E-state index in [9.17, 15) is 4.79 Å². The van der Waals surface area contributed by atoms with Gasteiger partial charge in [0.25, 0.3) is 5.56 Å². The average Bonchev–Trinajstić information content (AvgIpc) is 3.16.